The lowest BCUT2D eigenvalue weighted by atomic mass is 10.1. The highest BCUT2D eigenvalue weighted by atomic mass is 19.1. The van der Waals surface area contributed by atoms with E-state index in [9.17, 15) is 14.0 Å². The van der Waals surface area contributed by atoms with Gasteiger partial charge in [-0.2, -0.15) is 0 Å². The van der Waals surface area contributed by atoms with Crippen molar-refractivity contribution in [3.63, 3.8) is 0 Å². The number of imidazole rings is 1. The van der Waals surface area contributed by atoms with Gasteiger partial charge in [0.25, 0.3) is 11.8 Å². The highest BCUT2D eigenvalue weighted by molar-refractivity contribution is 6.06. The number of carbonyl (C=O) groups excluding carboxylic acids is 2. The molecule has 1 N–H and O–H groups in total. The van der Waals surface area contributed by atoms with Crippen LogP contribution in [-0.4, -0.2) is 39.2 Å². The smallest absolute Gasteiger partial charge is 0.292 e. The van der Waals surface area contributed by atoms with Crippen molar-refractivity contribution in [2.45, 2.75) is 19.3 Å². The SMILES string of the molecule is O=C(Nc1ccccc1F)c1nc(C(=O)N2CCCCC2)c2ccccn12. The third-order valence-corrected chi connectivity index (χ3v) is 4.72. The number of nitrogens with one attached hydrogen (secondary N) is 1. The lowest BCUT2D eigenvalue weighted by Gasteiger charge is -2.25. The van der Waals surface area contributed by atoms with E-state index in [1.807, 2.05) is 0 Å². The van der Waals surface area contributed by atoms with E-state index >= 15 is 0 Å². The van der Waals surface area contributed by atoms with Crippen LogP contribution in [0.3, 0.4) is 0 Å². The van der Waals surface area contributed by atoms with Gasteiger partial charge in [-0.1, -0.05) is 18.2 Å². The topological polar surface area (TPSA) is 66.7 Å². The number of amides is 2. The van der Waals surface area contributed by atoms with Crippen molar-refractivity contribution in [1.29, 1.82) is 0 Å². The second-order valence-electron chi connectivity index (χ2n) is 6.53. The fourth-order valence-corrected chi connectivity index (χ4v) is 3.34. The standard InChI is InChI=1S/C20H19FN4O2/c21-14-8-2-3-9-15(14)22-19(26)18-23-17(16-10-4-7-13-25(16)18)20(27)24-11-5-1-6-12-24/h2-4,7-10,13H,1,5-6,11-12H2,(H,22,26). The van der Waals surface area contributed by atoms with Crippen LogP contribution in [0.1, 0.15) is 40.4 Å². The second kappa shape index (κ2) is 7.19. The minimum absolute atomic E-state index is 0.0502. The minimum atomic E-state index is -0.570. The number of rotatable bonds is 3. The van der Waals surface area contributed by atoms with Gasteiger partial charge in [-0.25, -0.2) is 9.37 Å². The van der Waals surface area contributed by atoms with Crippen LogP contribution in [0.2, 0.25) is 0 Å². The average molecular weight is 366 g/mol. The molecule has 0 spiro atoms. The third-order valence-electron chi connectivity index (χ3n) is 4.72. The van der Waals surface area contributed by atoms with Gasteiger partial charge in [0.2, 0.25) is 5.82 Å². The molecule has 1 aliphatic rings. The second-order valence-corrected chi connectivity index (χ2v) is 6.53. The summed E-state index contributed by atoms with van der Waals surface area (Å²) in [6.07, 6.45) is 4.73. The van der Waals surface area contributed by atoms with E-state index in [2.05, 4.69) is 10.3 Å². The molecule has 0 saturated carbocycles. The van der Waals surface area contributed by atoms with Crippen LogP contribution in [0.4, 0.5) is 10.1 Å². The van der Waals surface area contributed by atoms with Crippen molar-refractivity contribution in [2.75, 3.05) is 18.4 Å². The molecule has 138 valence electrons. The van der Waals surface area contributed by atoms with E-state index in [0.29, 0.717) is 18.6 Å². The van der Waals surface area contributed by atoms with Gasteiger partial charge < -0.3 is 10.2 Å². The van der Waals surface area contributed by atoms with E-state index in [4.69, 9.17) is 0 Å². The molecular formula is C20H19FN4O2. The van der Waals surface area contributed by atoms with Gasteiger partial charge in [0, 0.05) is 19.3 Å². The first-order valence-corrected chi connectivity index (χ1v) is 8.97. The maximum Gasteiger partial charge on any atom is 0.292 e. The number of carbonyl (C=O) groups is 2. The van der Waals surface area contributed by atoms with E-state index in [1.54, 1.807) is 45.8 Å². The summed E-state index contributed by atoms with van der Waals surface area (Å²) < 4.78 is 15.4. The molecule has 1 aliphatic heterocycles. The number of nitrogens with zero attached hydrogens (tertiary/aromatic N) is 3. The quantitative estimate of drug-likeness (QED) is 0.773. The zero-order valence-electron chi connectivity index (χ0n) is 14.7. The molecule has 6 nitrogen and oxygen atoms in total. The molecule has 0 atom stereocenters. The number of halogens is 1. The number of pyridine rings is 1. The fourth-order valence-electron chi connectivity index (χ4n) is 3.34. The molecule has 7 heteroatoms. The summed E-state index contributed by atoms with van der Waals surface area (Å²) in [5.74, 6) is -1.23. The van der Waals surface area contributed by atoms with Crippen molar-refractivity contribution >= 4 is 23.0 Å². The Morgan fingerprint density at radius 3 is 2.52 bits per heavy atom. The largest absolute Gasteiger partial charge is 0.337 e. The molecule has 1 aromatic carbocycles. The molecule has 3 heterocycles. The van der Waals surface area contributed by atoms with E-state index < -0.39 is 11.7 Å². The summed E-state index contributed by atoms with van der Waals surface area (Å²) in [6.45, 7) is 1.39. The van der Waals surface area contributed by atoms with E-state index in [1.165, 1.54) is 12.1 Å². The summed E-state index contributed by atoms with van der Waals surface area (Å²) in [6, 6.07) is 11.2. The monoisotopic (exact) mass is 366 g/mol. The van der Waals surface area contributed by atoms with E-state index in [0.717, 1.165) is 19.3 Å². The average Bonchev–Trinajstić information content (AvgIpc) is 3.10. The number of aromatic nitrogens is 2. The summed E-state index contributed by atoms with van der Waals surface area (Å²) in [5, 5.41) is 2.53. The van der Waals surface area contributed by atoms with Crippen molar-refractivity contribution < 1.29 is 14.0 Å². The first-order valence-electron chi connectivity index (χ1n) is 8.97. The summed E-state index contributed by atoms with van der Waals surface area (Å²) in [7, 11) is 0. The summed E-state index contributed by atoms with van der Waals surface area (Å²) in [4.78, 5) is 31.7. The van der Waals surface area contributed by atoms with Gasteiger partial charge in [0.1, 0.15) is 5.82 Å². The Kier molecular flexibility index (Phi) is 4.58. The van der Waals surface area contributed by atoms with Crippen molar-refractivity contribution in [3.05, 3.63) is 66.0 Å². The normalized spacial score (nSPS) is 14.3. The highest BCUT2D eigenvalue weighted by Gasteiger charge is 2.26. The molecule has 0 bridgehead atoms. The number of hydrogen-bond acceptors (Lipinski definition) is 3. The van der Waals surface area contributed by atoms with Gasteiger partial charge >= 0.3 is 0 Å². The number of fused-ring (bicyclic) bond motifs is 1. The Bertz CT molecular complexity index is 1010. The zero-order chi connectivity index (χ0) is 18.8. The van der Waals surface area contributed by atoms with Crippen LogP contribution in [0.5, 0.6) is 0 Å². The number of piperidine rings is 1. The Hall–Kier alpha value is -3.22. The van der Waals surface area contributed by atoms with Gasteiger partial charge in [-0.15, -0.1) is 0 Å². The van der Waals surface area contributed by atoms with Crippen LogP contribution >= 0.6 is 0 Å². The van der Waals surface area contributed by atoms with Crippen LogP contribution in [0, 0.1) is 5.82 Å². The molecule has 27 heavy (non-hydrogen) atoms. The molecule has 2 aromatic heterocycles. The lowest BCUT2D eigenvalue weighted by molar-refractivity contribution is 0.0721. The van der Waals surface area contributed by atoms with Crippen LogP contribution in [-0.2, 0) is 0 Å². The van der Waals surface area contributed by atoms with Gasteiger partial charge in [-0.3, -0.25) is 14.0 Å². The first kappa shape index (κ1) is 17.2. The molecule has 0 aliphatic carbocycles. The van der Waals surface area contributed by atoms with Crippen LogP contribution < -0.4 is 5.32 Å². The number of hydrogen-bond donors (Lipinski definition) is 1. The van der Waals surface area contributed by atoms with Crippen LogP contribution in [0.25, 0.3) is 5.52 Å². The lowest BCUT2D eigenvalue weighted by Crippen LogP contribution is -2.36. The summed E-state index contributed by atoms with van der Waals surface area (Å²) >= 11 is 0. The van der Waals surface area contributed by atoms with Crippen molar-refractivity contribution in [2.24, 2.45) is 0 Å². The van der Waals surface area contributed by atoms with Gasteiger partial charge in [0.15, 0.2) is 5.69 Å². The zero-order valence-corrected chi connectivity index (χ0v) is 14.7. The Labute approximate surface area is 155 Å². The molecule has 4 rings (SSSR count). The molecule has 1 saturated heterocycles. The van der Waals surface area contributed by atoms with Gasteiger partial charge in [0.05, 0.1) is 11.2 Å². The predicted octanol–water partition coefficient (Wildman–Crippen LogP) is 3.35. The number of para-hydroxylation sites is 1. The van der Waals surface area contributed by atoms with Crippen molar-refractivity contribution in [1.82, 2.24) is 14.3 Å². The number of anilines is 1. The first-order chi connectivity index (χ1) is 13.1. The molecule has 0 unspecified atom stereocenters. The van der Waals surface area contributed by atoms with Gasteiger partial charge in [-0.05, 0) is 43.5 Å². The minimum Gasteiger partial charge on any atom is -0.337 e. The highest BCUT2D eigenvalue weighted by Crippen LogP contribution is 2.20. The molecule has 2 amide bonds. The Balaban J connectivity index is 1.70. The predicted molar refractivity (Wildman–Crippen MR) is 99.3 cm³/mol. The molecule has 1 fully saturated rings. The number of likely N-dealkylation sites (tertiary alicyclic amines) is 1. The van der Waals surface area contributed by atoms with Crippen molar-refractivity contribution in [3.8, 4) is 0 Å². The molecule has 0 radical (unpaired) electrons. The maximum atomic E-state index is 13.9. The molecular weight excluding hydrogens is 347 g/mol. The summed E-state index contributed by atoms with van der Waals surface area (Å²) in [5.41, 5.74) is 0.877. The molecule has 3 aromatic rings. The fraction of sp³-hybridized carbons (Fsp3) is 0.250. The third kappa shape index (κ3) is 3.28. The van der Waals surface area contributed by atoms with Crippen LogP contribution in [0.15, 0.2) is 48.7 Å². The van der Waals surface area contributed by atoms with E-state index in [-0.39, 0.29) is 23.1 Å². The Morgan fingerprint density at radius 1 is 1.00 bits per heavy atom. The maximum absolute atomic E-state index is 13.9. The number of benzene rings is 1. The Morgan fingerprint density at radius 2 is 1.74 bits per heavy atom.